The number of methoxy groups -OCH3 is 1. The highest BCUT2D eigenvalue weighted by molar-refractivity contribution is 5.62. The summed E-state index contributed by atoms with van der Waals surface area (Å²) in [7, 11) is 1.72. The standard InChI is InChI=1S/C18H19N7O/c1-26-11-14-5-13(7-21-14)23-17-10-20-8-15(24-17)16-9-22-18-4-12(6-19)2-3-25(16)18/h2-4,8-10,13-14,21H,5,7,11H2,1H3,(H,23,24). The highest BCUT2D eigenvalue weighted by Gasteiger charge is 2.24. The smallest absolute Gasteiger partial charge is 0.145 e. The van der Waals surface area contributed by atoms with E-state index < -0.39 is 0 Å². The first-order chi connectivity index (χ1) is 12.8. The minimum absolute atomic E-state index is 0.292. The summed E-state index contributed by atoms with van der Waals surface area (Å²) < 4.78 is 7.10. The Bertz CT molecular complexity index is 962. The molecule has 8 nitrogen and oxygen atoms in total. The lowest BCUT2D eigenvalue weighted by molar-refractivity contribution is 0.173. The van der Waals surface area contributed by atoms with E-state index in [4.69, 9.17) is 10.00 Å². The Morgan fingerprint density at radius 1 is 1.42 bits per heavy atom. The number of ether oxygens (including phenoxy) is 1. The van der Waals surface area contributed by atoms with Gasteiger partial charge in [0, 0.05) is 31.9 Å². The lowest BCUT2D eigenvalue weighted by Gasteiger charge is -2.13. The van der Waals surface area contributed by atoms with Crippen LogP contribution in [0.2, 0.25) is 0 Å². The van der Waals surface area contributed by atoms with Gasteiger partial charge in [0.05, 0.1) is 42.5 Å². The first-order valence-electron chi connectivity index (χ1n) is 8.45. The zero-order chi connectivity index (χ0) is 17.9. The van der Waals surface area contributed by atoms with Crippen molar-refractivity contribution < 1.29 is 4.74 Å². The van der Waals surface area contributed by atoms with E-state index in [1.807, 2.05) is 10.6 Å². The Hall–Kier alpha value is -3.02. The van der Waals surface area contributed by atoms with Gasteiger partial charge in [0.15, 0.2) is 0 Å². The van der Waals surface area contributed by atoms with Crippen molar-refractivity contribution in [1.82, 2.24) is 24.7 Å². The van der Waals surface area contributed by atoms with E-state index in [2.05, 4.69) is 31.7 Å². The summed E-state index contributed by atoms with van der Waals surface area (Å²) in [6.07, 6.45) is 7.99. The zero-order valence-corrected chi connectivity index (χ0v) is 14.4. The summed E-state index contributed by atoms with van der Waals surface area (Å²) >= 11 is 0. The largest absolute Gasteiger partial charge is 0.383 e. The minimum Gasteiger partial charge on any atom is -0.383 e. The highest BCUT2D eigenvalue weighted by atomic mass is 16.5. The molecule has 0 radical (unpaired) electrons. The number of nitrogens with zero attached hydrogens (tertiary/aromatic N) is 5. The van der Waals surface area contributed by atoms with Crippen LogP contribution >= 0.6 is 0 Å². The predicted molar refractivity (Wildman–Crippen MR) is 96.6 cm³/mol. The molecule has 1 saturated heterocycles. The van der Waals surface area contributed by atoms with E-state index in [0.29, 0.717) is 29.9 Å². The molecule has 26 heavy (non-hydrogen) atoms. The third-order valence-corrected chi connectivity index (χ3v) is 4.48. The summed E-state index contributed by atoms with van der Waals surface area (Å²) in [5.74, 6) is 0.732. The fraction of sp³-hybridized carbons (Fsp3) is 0.333. The molecule has 0 aromatic carbocycles. The lowest BCUT2D eigenvalue weighted by atomic mass is 10.2. The maximum absolute atomic E-state index is 9.01. The number of anilines is 1. The maximum atomic E-state index is 9.01. The van der Waals surface area contributed by atoms with E-state index in [1.165, 1.54) is 0 Å². The molecule has 3 aromatic rings. The Kier molecular flexibility index (Phi) is 4.48. The predicted octanol–water partition coefficient (Wildman–Crippen LogP) is 1.45. The molecule has 0 saturated carbocycles. The van der Waals surface area contributed by atoms with Gasteiger partial charge in [-0.05, 0) is 18.6 Å². The SMILES string of the molecule is COCC1CC(Nc2cncc(-c3cnc4cc(C#N)ccn34)n2)CN1. The average molecular weight is 349 g/mol. The summed E-state index contributed by atoms with van der Waals surface area (Å²) in [6, 6.07) is 6.29. The summed E-state index contributed by atoms with van der Waals surface area (Å²) in [5, 5.41) is 15.9. The van der Waals surface area contributed by atoms with Crippen molar-refractivity contribution in [2.75, 3.05) is 25.6 Å². The van der Waals surface area contributed by atoms with Crippen LogP contribution in [0.15, 0.2) is 36.9 Å². The third kappa shape index (κ3) is 3.22. The van der Waals surface area contributed by atoms with Gasteiger partial charge < -0.3 is 15.4 Å². The van der Waals surface area contributed by atoms with Crippen LogP contribution in [0.3, 0.4) is 0 Å². The van der Waals surface area contributed by atoms with Gasteiger partial charge >= 0.3 is 0 Å². The van der Waals surface area contributed by atoms with Crippen molar-refractivity contribution in [1.29, 1.82) is 5.26 Å². The number of aromatic nitrogens is 4. The molecular formula is C18H19N7O. The summed E-state index contributed by atoms with van der Waals surface area (Å²) in [6.45, 7) is 1.57. The van der Waals surface area contributed by atoms with Gasteiger partial charge in [-0.15, -0.1) is 0 Å². The van der Waals surface area contributed by atoms with Crippen LogP contribution in [-0.2, 0) is 4.74 Å². The van der Waals surface area contributed by atoms with Crippen LogP contribution in [0.25, 0.3) is 17.0 Å². The molecule has 1 aliphatic heterocycles. The maximum Gasteiger partial charge on any atom is 0.145 e. The van der Waals surface area contributed by atoms with Crippen molar-refractivity contribution in [2.24, 2.45) is 0 Å². The van der Waals surface area contributed by atoms with Crippen LogP contribution in [-0.4, -0.2) is 51.7 Å². The summed E-state index contributed by atoms with van der Waals surface area (Å²) in [5.41, 5.74) is 2.85. The molecule has 0 aliphatic carbocycles. The fourth-order valence-corrected chi connectivity index (χ4v) is 3.26. The molecule has 1 fully saturated rings. The van der Waals surface area contributed by atoms with Gasteiger partial charge in [0.2, 0.25) is 0 Å². The Labute approximate surface area is 150 Å². The van der Waals surface area contributed by atoms with Crippen LogP contribution in [0, 0.1) is 11.3 Å². The van der Waals surface area contributed by atoms with Gasteiger partial charge in [-0.1, -0.05) is 0 Å². The number of nitriles is 1. The molecule has 8 heteroatoms. The molecule has 4 heterocycles. The first kappa shape index (κ1) is 16.4. The number of hydrogen-bond acceptors (Lipinski definition) is 7. The van der Waals surface area contributed by atoms with Crippen LogP contribution in [0.4, 0.5) is 5.82 Å². The number of hydrogen-bond donors (Lipinski definition) is 2. The molecule has 0 bridgehead atoms. The van der Waals surface area contributed by atoms with E-state index in [1.54, 1.807) is 37.8 Å². The zero-order valence-electron chi connectivity index (χ0n) is 14.4. The van der Waals surface area contributed by atoms with Gasteiger partial charge in [0.25, 0.3) is 0 Å². The number of fused-ring (bicyclic) bond motifs is 1. The highest BCUT2D eigenvalue weighted by Crippen LogP contribution is 2.21. The lowest BCUT2D eigenvalue weighted by Crippen LogP contribution is -2.26. The summed E-state index contributed by atoms with van der Waals surface area (Å²) in [4.78, 5) is 13.4. The van der Waals surface area contributed by atoms with Crippen molar-refractivity contribution in [3.05, 3.63) is 42.5 Å². The molecule has 2 atom stereocenters. The monoisotopic (exact) mass is 349 g/mol. The van der Waals surface area contributed by atoms with Crippen molar-refractivity contribution >= 4 is 11.5 Å². The van der Waals surface area contributed by atoms with Crippen LogP contribution < -0.4 is 10.6 Å². The van der Waals surface area contributed by atoms with E-state index in [-0.39, 0.29) is 0 Å². The normalized spacial score (nSPS) is 19.5. The van der Waals surface area contributed by atoms with Gasteiger partial charge in [0.1, 0.15) is 17.2 Å². The third-order valence-electron chi connectivity index (χ3n) is 4.48. The number of rotatable bonds is 5. The number of pyridine rings is 1. The van der Waals surface area contributed by atoms with Crippen molar-refractivity contribution in [2.45, 2.75) is 18.5 Å². The van der Waals surface area contributed by atoms with Crippen LogP contribution in [0.1, 0.15) is 12.0 Å². The Morgan fingerprint density at radius 3 is 3.19 bits per heavy atom. The quantitative estimate of drug-likeness (QED) is 0.719. The van der Waals surface area contributed by atoms with Gasteiger partial charge in [-0.3, -0.25) is 9.38 Å². The van der Waals surface area contributed by atoms with Crippen molar-refractivity contribution in [3.8, 4) is 17.5 Å². The molecule has 0 spiro atoms. The van der Waals surface area contributed by atoms with E-state index >= 15 is 0 Å². The Morgan fingerprint density at radius 2 is 2.35 bits per heavy atom. The molecule has 4 rings (SSSR count). The van der Waals surface area contributed by atoms with E-state index in [0.717, 1.165) is 30.2 Å². The molecule has 2 unspecified atom stereocenters. The van der Waals surface area contributed by atoms with E-state index in [9.17, 15) is 0 Å². The van der Waals surface area contributed by atoms with Gasteiger partial charge in [-0.2, -0.15) is 5.26 Å². The molecular weight excluding hydrogens is 330 g/mol. The van der Waals surface area contributed by atoms with Gasteiger partial charge in [-0.25, -0.2) is 9.97 Å². The number of nitrogens with one attached hydrogen (secondary N) is 2. The topological polar surface area (TPSA) is 100 Å². The molecule has 0 amide bonds. The second kappa shape index (κ2) is 7.07. The Balaban J connectivity index is 1.56. The fourth-order valence-electron chi connectivity index (χ4n) is 3.26. The molecule has 1 aliphatic rings. The average Bonchev–Trinajstić information content (AvgIpc) is 3.28. The number of imidazole rings is 1. The minimum atomic E-state index is 0.292. The second-order valence-electron chi connectivity index (χ2n) is 6.33. The van der Waals surface area contributed by atoms with Crippen LogP contribution in [0.5, 0.6) is 0 Å². The molecule has 3 aromatic heterocycles. The molecule has 2 N–H and O–H groups in total. The van der Waals surface area contributed by atoms with Crippen molar-refractivity contribution in [3.63, 3.8) is 0 Å². The molecule has 132 valence electrons. The second-order valence-corrected chi connectivity index (χ2v) is 6.33. The first-order valence-corrected chi connectivity index (χ1v) is 8.45.